The van der Waals surface area contributed by atoms with E-state index in [0.717, 1.165) is 5.69 Å². The average molecular weight is 145 g/mol. The van der Waals surface area contributed by atoms with Crippen molar-refractivity contribution in [3.8, 4) is 12.3 Å². The van der Waals surface area contributed by atoms with Crippen molar-refractivity contribution in [3.63, 3.8) is 0 Å². The third-order valence-corrected chi connectivity index (χ3v) is 1.67. The first-order valence-corrected chi connectivity index (χ1v) is 3.56. The quantitative estimate of drug-likeness (QED) is 0.551. The van der Waals surface area contributed by atoms with Gasteiger partial charge in [0.05, 0.1) is 11.1 Å². The molecule has 0 amide bonds. The largest absolute Gasteiger partial charge is 0.260 e. The summed E-state index contributed by atoms with van der Waals surface area (Å²) in [6, 6.07) is 5.78. The van der Waals surface area contributed by atoms with E-state index in [1.807, 2.05) is 32.0 Å². The van der Waals surface area contributed by atoms with Gasteiger partial charge < -0.3 is 0 Å². The van der Waals surface area contributed by atoms with E-state index in [1.54, 1.807) is 6.20 Å². The summed E-state index contributed by atoms with van der Waals surface area (Å²) in [5.41, 5.74) is 0.698. The normalized spacial score (nSPS) is 10.6. The first-order chi connectivity index (χ1) is 5.17. The fourth-order valence-corrected chi connectivity index (χ4v) is 0.806. The highest BCUT2D eigenvalue weighted by Gasteiger charge is 2.17. The van der Waals surface area contributed by atoms with Crippen LogP contribution in [0.4, 0.5) is 0 Å². The molecule has 11 heavy (non-hydrogen) atoms. The SMILES string of the molecule is C#CC(C)(C)c1ccccn1. The molecule has 0 bridgehead atoms. The zero-order valence-electron chi connectivity index (χ0n) is 6.83. The molecule has 0 N–H and O–H groups in total. The van der Waals surface area contributed by atoms with Crippen LogP contribution in [0, 0.1) is 12.3 Å². The molecule has 1 nitrogen and oxygen atoms in total. The first kappa shape index (κ1) is 7.81. The first-order valence-electron chi connectivity index (χ1n) is 3.56. The van der Waals surface area contributed by atoms with Gasteiger partial charge in [-0.05, 0) is 26.0 Å². The summed E-state index contributed by atoms with van der Waals surface area (Å²) in [5.74, 6) is 2.70. The Labute approximate surface area is 67.5 Å². The van der Waals surface area contributed by atoms with Gasteiger partial charge in [0.15, 0.2) is 0 Å². The van der Waals surface area contributed by atoms with Crippen molar-refractivity contribution in [3.05, 3.63) is 30.1 Å². The lowest BCUT2D eigenvalue weighted by atomic mass is 9.90. The molecule has 0 aromatic carbocycles. The van der Waals surface area contributed by atoms with Gasteiger partial charge in [-0.3, -0.25) is 4.98 Å². The minimum atomic E-state index is -0.249. The maximum absolute atomic E-state index is 5.35. The molecule has 0 saturated carbocycles. The molecule has 56 valence electrons. The zero-order valence-corrected chi connectivity index (χ0v) is 6.83. The highest BCUT2D eigenvalue weighted by Crippen LogP contribution is 2.18. The molecule has 0 radical (unpaired) electrons. The number of terminal acetylenes is 1. The van der Waals surface area contributed by atoms with Crippen LogP contribution in [0.3, 0.4) is 0 Å². The highest BCUT2D eigenvalue weighted by molar-refractivity contribution is 5.25. The summed E-state index contributed by atoms with van der Waals surface area (Å²) < 4.78 is 0. The molecule has 0 aliphatic rings. The van der Waals surface area contributed by atoms with E-state index in [4.69, 9.17) is 6.42 Å². The summed E-state index contributed by atoms with van der Waals surface area (Å²) in [7, 11) is 0. The van der Waals surface area contributed by atoms with Crippen LogP contribution in [-0.4, -0.2) is 4.98 Å². The Bertz CT molecular complexity index is 267. The van der Waals surface area contributed by atoms with Gasteiger partial charge in [-0.15, -0.1) is 6.42 Å². The summed E-state index contributed by atoms with van der Waals surface area (Å²) in [5, 5.41) is 0. The number of nitrogens with zero attached hydrogens (tertiary/aromatic N) is 1. The molecule has 1 aromatic rings. The lowest BCUT2D eigenvalue weighted by Crippen LogP contribution is -2.15. The lowest BCUT2D eigenvalue weighted by Gasteiger charge is -2.15. The van der Waals surface area contributed by atoms with Crippen molar-refractivity contribution >= 4 is 0 Å². The maximum Gasteiger partial charge on any atom is 0.0675 e. The molecule has 0 aliphatic heterocycles. The van der Waals surface area contributed by atoms with Crippen LogP contribution in [0.2, 0.25) is 0 Å². The van der Waals surface area contributed by atoms with Crippen LogP contribution in [0.15, 0.2) is 24.4 Å². The molecule has 1 heterocycles. The lowest BCUT2D eigenvalue weighted by molar-refractivity contribution is 0.670. The number of rotatable bonds is 1. The standard InChI is InChI=1S/C10H11N/c1-4-10(2,3)9-7-5-6-8-11-9/h1,5-8H,2-3H3. The van der Waals surface area contributed by atoms with Crippen molar-refractivity contribution in [1.82, 2.24) is 4.98 Å². The van der Waals surface area contributed by atoms with E-state index in [2.05, 4.69) is 10.9 Å². The molecule has 1 aromatic heterocycles. The summed E-state index contributed by atoms with van der Waals surface area (Å²) >= 11 is 0. The Hall–Kier alpha value is -1.29. The Kier molecular flexibility index (Phi) is 1.96. The van der Waals surface area contributed by atoms with Crippen LogP contribution in [0.5, 0.6) is 0 Å². The van der Waals surface area contributed by atoms with Crippen LogP contribution in [0.1, 0.15) is 19.5 Å². The minimum absolute atomic E-state index is 0.249. The third kappa shape index (κ3) is 1.59. The van der Waals surface area contributed by atoms with Gasteiger partial charge in [-0.1, -0.05) is 12.0 Å². The molecular weight excluding hydrogens is 134 g/mol. The zero-order chi connectivity index (χ0) is 8.32. The Morgan fingerprint density at radius 1 is 1.45 bits per heavy atom. The molecule has 0 fully saturated rings. The topological polar surface area (TPSA) is 12.9 Å². The number of aromatic nitrogens is 1. The summed E-state index contributed by atoms with van der Waals surface area (Å²) in [4.78, 5) is 4.18. The number of hydrogen-bond donors (Lipinski definition) is 0. The van der Waals surface area contributed by atoms with Gasteiger partial charge >= 0.3 is 0 Å². The average Bonchev–Trinajstić information content (AvgIpc) is 2.06. The van der Waals surface area contributed by atoms with Crippen molar-refractivity contribution < 1.29 is 0 Å². The van der Waals surface area contributed by atoms with E-state index >= 15 is 0 Å². The van der Waals surface area contributed by atoms with Gasteiger partial charge in [-0.25, -0.2) is 0 Å². The molecule has 0 unspecified atom stereocenters. The Morgan fingerprint density at radius 3 is 2.64 bits per heavy atom. The predicted molar refractivity (Wildman–Crippen MR) is 46.1 cm³/mol. The van der Waals surface area contributed by atoms with Gasteiger partial charge in [0.25, 0.3) is 0 Å². The summed E-state index contributed by atoms with van der Waals surface area (Å²) in [6.45, 7) is 3.96. The van der Waals surface area contributed by atoms with E-state index in [0.29, 0.717) is 0 Å². The number of pyridine rings is 1. The number of hydrogen-bond acceptors (Lipinski definition) is 1. The molecule has 1 heteroatoms. The van der Waals surface area contributed by atoms with Gasteiger partial charge in [0.2, 0.25) is 0 Å². The fourth-order valence-electron chi connectivity index (χ4n) is 0.806. The minimum Gasteiger partial charge on any atom is -0.260 e. The third-order valence-electron chi connectivity index (χ3n) is 1.67. The molecule has 1 rings (SSSR count). The van der Waals surface area contributed by atoms with Crippen LogP contribution in [0.25, 0.3) is 0 Å². The van der Waals surface area contributed by atoms with Crippen LogP contribution < -0.4 is 0 Å². The van der Waals surface area contributed by atoms with Crippen molar-refractivity contribution in [1.29, 1.82) is 0 Å². The van der Waals surface area contributed by atoms with Gasteiger partial charge in [0.1, 0.15) is 0 Å². The van der Waals surface area contributed by atoms with Crippen molar-refractivity contribution in [2.75, 3.05) is 0 Å². The second-order valence-corrected chi connectivity index (χ2v) is 2.98. The van der Waals surface area contributed by atoms with E-state index in [9.17, 15) is 0 Å². The molecular formula is C10H11N. The molecule has 0 aliphatic carbocycles. The second-order valence-electron chi connectivity index (χ2n) is 2.98. The van der Waals surface area contributed by atoms with Gasteiger partial charge in [0, 0.05) is 6.20 Å². The van der Waals surface area contributed by atoms with Crippen molar-refractivity contribution in [2.24, 2.45) is 0 Å². The highest BCUT2D eigenvalue weighted by atomic mass is 14.7. The predicted octanol–water partition coefficient (Wildman–Crippen LogP) is 1.99. The molecule has 0 saturated heterocycles. The van der Waals surface area contributed by atoms with Crippen LogP contribution >= 0.6 is 0 Å². The molecule has 0 spiro atoms. The fraction of sp³-hybridized carbons (Fsp3) is 0.300. The smallest absolute Gasteiger partial charge is 0.0675 e. The van der Waals surface area contributed by atoms with E-state index in [1.165, 1.54) is 0 Å². The molecule has 0 atom stereocenters. The Morgan fingerprint density at radius 2 is 2.18 bits per heavy atom. The van der Waals surface area contributed by atoms with E-state index < -0.39 is 0 Å². The van der Waals surface area contributed by atoms with E-state index in [-0.39, 0.29) is 5.41 Å². The van der Waals surface area contributed by atoms with Crippen molar-refractivity contribution in [2.45, 2.75) is 19.3 Å². The van der Waals surface area contributed by atoms with Crippen LogP contribution in [-0.2, 0) is 5.41 Å². The second kappa shape index (κ2) is 2.75. The Balaban J connectivity index is 3.05. The van der Waals surface area contributed by atoms with Gasteiger partial charge in [-0.2, -0.15) is 0 Å². The maximum atomic E-state index is 5.35. The monoisotopic (exact) mass is 145 g/mol. The summed E-state index contributed by atoms with van der Waals surface area (Å²) in [6.07, 6.45) is 7.11.